The molecule has 8 heteroatoms. The second-order valence-electron chi connectivity index (χ2n) is 4.90. The smallest absolute Gasteiger partial charge is 0.244 e. The Morgan fingerprint density at radius 2 is 2.26 bits per heavy atom. The van der Waals surface area contributed by atoms with Gasteiger partial charge in [-0.2, -0.15) is 0 Å². The van der Waals surface area contributed by atoms with Crippen molar-refractivity contribution in [2.75, 3.05) is 19.0 Å². The average molecular weight is 305 g/mol. The lowest BCUT2D eigenvalue weighted by Gasteiger charge is -2.17. The van der Waals surface area contributed by atoms with Crippen LogP contribution < -0.4 is 11.3 Å². The van der Waals surface area contributed by atoms with Gasteiger partial charge in [0.1, 0.15) is 4.90 Å². The third kappa shape index (κ3) is 3.00. The second-order valence-corrected chi connectivity index (χ2v) is 7.36. The van der Waals surface area contributed by atoms with Gasteiger partial charge in [-0.3, -0.25) is 0 Å². The van der Waals surface area contributed by atoms with Gasteiger partial charge in [0.05, 0.1) is 5.02 Å². The predicted octanol–water partition coefficient (Wildman–Crippen LogP) is 1.30. The van der Waals surface area contributed by atoms with E-state index in [-0.39, 0.29) is 15.7 Å². The topological polar surface area (TPSA) is 88.3 Å². The summed E-state index contributed by atoms with van der Waals surface area (Å²) in [5.41, 5.74) is 2.30. The number of anilines is 1. The fourth-order valence-corrected chi connectivity index (χ4v) is 3.42. The number of sulfonamides is 1. The van der Waals surface area contributed by atoms with E-state index in [0.717, 1.165) is 6.42 Å². The van der Waals surface area contributed by atoms with Crippen molar-refractivity contribution in [3.63, 3.8) is 0 Å². The van der Waals surface area contributed by atoms with Gasteiger partial charge in [0.2, 0.25) is 10.0 Å². The van der Waals surface area contributed by atoms with E-state index >= 15 is 0 Å². The average Bonchev–Trinajstić information content (AvgIpc) is 3.04. The number of halogens is 1. The van der Waals surface area contributed by atoms with Crippen molar-refractivity contribution in [1.82, 2.24) is 9.29 Å². The molecule has 3 N–H and O–H groups in total. The molecule has 1 aliphatic rings. The van der Waals surface area contributed by atoms with E-state index < -0.39 is 10.0 Å². The summed E-state index contributed by atoms with van der Waals surface area (Å²) in [5, 5.41) is 0.178. The van der Waals surface area contributed by atoms with Crippen molar-refractivity contribution >= 4 is 27.4 Å². The fraction of sp³-hybridized carbons (Fsp3) is 0.545. The lowest BCUT2D eigenvalue weighted by molar-refractivity contribution is 0.444. The first-order valence-corrected chi connectivity index (χ1v) is 7.76. The molecule has 6 nitrogen and oxygen atoms in total. The van der Waals surface area contributed by atoms with Gasteiger partial charge in [0, 0.05) is 19.8 Å². The first-order chi connectivity index (χ1) is 8.86. The van der Waals surface area contributed by atoms with E-state index in [2.05, 4.69) is 17.3 Å². The normalized spacial score (nSPS) is 22.6. The number of nitrogens with zero attached hydrogens (tertiary/aromatic N) is 2. The number of hydrogen-bond donors (Lipinski definition) is 2. The first-order valence-electron chi connectivity index (χ1n) is 5.94. The quantitative estimate of drug-likeness (QED) is 0.632. The van der Waals surface area contributed by atoms with E-state index in [9.17, 15) is 8.42 Å². The number of pyridine rings is 1. The van der Waals surface area contributed by atoms with Gasteiger partial charge in [-0.1, -0.05) is 18.5 Å². The number of hydrazine groups is 1. The largest absolute Gasteiger partial charge is 0.307 e. The zero-order valence-electron chi connectivity index (χ0n) is 10.8. The molecule has 0 amide bonds. The molecule has 106 valence electrons. The Hall–Kier alpha value is -0.890. The van der Waals surface area contributed by atoms with Gasteiger partial charge in [0.25, 0.3) is 0 Å². The van der Waals surface area contributed by atoms with Crippen molar-refractivity contribution in [3.8, 4) is 0 Å². The highest BCUT2D eigenvalue weighted by Gasteiger charge is 2.36. The molecule has 2 rings (SSSR count). The molecule has 0 radical (unpaired) electrons. The van der Waals surface area contributed by atoms with Gasteiger partial charge < -0.3 is 5.43 Å². The van der Waals surface area contributed by atoms with Crippen LogP contribution in [0.5, 0.6) is 0 Å². The Balaban J connectivity index is 2.21. The SMILES string of the molecule is CC1CC1CN(C)S(=O)(=O)c1cnc(NN)c(Cl)c1. The van der Waals surface area contributed by atoms with Crippen LogP contribution in [-0.2, 0) is 10.0 Å². The highest BCUT2D eigenvalue weighted by Crippen LogP contribution is 2.38. The maximum atomic E-state index is 12.3. The van der Waals surface area contributed by atoms with Crippen LogP contribution >= 0.6 is 11.6 Å². The maximum absolute atomic E-state index is 12.3. The van der Waals surface area contributed by atoms with E-state index in [4.69, 9.17) is 17.4 Å². The van der Waals surface area contributed by atoms with E-state index in [1.807, 2.05) is 0 Å². The van der Waals surface area contributed by atoms with Crippen molar-refractivity contribution in [3.05, 3.63) is 17.3 Å². The summed E-state index contributed by atoms with van der Waals surface area (Å²) in [6.07, 6.45) is 2.33. The highest BCUT2D eigenvalue weighted by molar-refractivity contribution is 7.89. The van der Waals surface area contributed by atoms with Crippen molar-refractivity contribution in [1.29, 1.82) is 0 Å². The molecule has 1 saturated carbocycles. The lowest BCUT2D eigenvalue weighted by atomic mass is 10.3. The molecule has 0 aromatic carbocycles. The van der Waals surface area contributed by atoms with Crippen molar-refractivity contribution < 1.29 is 8.42 Å². The van der Waals surface area contributed by atoms with Gasteiger partial charge in [-0.15, -0.1) is 0 Å². The number of nitrogens with two attached hydrogens (primary N) is 1. The minimum atomic E-state index is -3.55. The summed E-state index contributed by atoms with van der Waals surface area (Å²) in [6.45, 7) is 2.64. The molecule has 1 fully saturated rings. The number of hydrogen-bond acceptors (Lipinski definition) is 5. The maximum Gasteiger partial charge on any atom is 0.244 e. The minimum absolute atomic E-state index is 0.0762. The predicted molar refractivity (Wildman–Crippen MR) is 74.1 cm³/mol. The van der Waals surface area contributed by atoms with Gasteiger partial charge in [-0.25, -0.2) is 23.5 Å². The Morgan fingerprint density at radius 3 is 2.74 bits per heavy atom. The molecule has 2 unspecified atom stereocenters. The minimum Gasteiger partial charge on any atom is -0.307 e. The van der Waals surface area contributed by atoms with E-state index in [1.165, 1.54) is 16.6 Å². The molecular formula is C11H17ClN4O2S. The van der Waals surface area contributed by atoms with Gasteiger partial charge >= 0.3 is 0 Å². The standard InChI is InChI=1S/C11H17ClN4O2S/c1-7-3-8(7)6-16(2)19(17,18)9-4-10(12)11(15-13)14-5-9/h4-5,7-8H,3,6,13H2,1-2H3,(H,14,15). The second kappa shape index (κ2) is 5.24. The lowest BCUT2D eigenvalue weighted by Crippen LogP contribution is -2.29. The zero-order valence-corrected chi connectivity index (χ0v) is 12.4. The molecule has 2 atom stereocenters. The summed E-state index contributed by atoms with van der Waals surface area (Å²) in [5.74, 6) is 6.50. The van der Waals surface area contributed by atoms with Crippen molar-refractivity contribution in [2.45, 2.75) is 18.2 Å². The Kier molecular flexibility index (Phi) is 4.00. The van der Waals surface area contributed by atoms with Crippen LogP contribution in [0.4, 0.5) is 5.82 Å². The van der Waals surface area contributed by atoms with Crippen LogP contribution in [0, 0.1) is 11.8 Å². The molecule has 0 bridgehead atoms. The van der Waals surface area contributed by atoms with Crippen molar-refractivity contribution in [2.24, 2.45) is 17.7 Å². The van der Waals surface area contributed by atoms with Crippen LogP contribution in [0.15, 0.2) is 17.2 Å². The monoisotopic (exact) mass is 304 g/mol. The molecule has 0 spiro atoms. The molecule has 0 aliphatic heterocycles. The summed E-state index contributed by atoms with van der Waals surface area (Å²) in [7, 11) is -1.97. The fourth-order valence-electron chi connectivity index (χ4n) is 1.93. The summed E-state index contributed by atoms with van der Waals surface area (Å²) in [4.78, 5) is 3.96. The Morgan fingerprint density at radius 1 is 1.63 bits per heavy atom. The number of aromatic nitrogens is 1. The molecule has 1 aromatic rings. The zero-order chi connectivity index (χ0) is 14.2. The first kappa shape index (κ1) is 14.5. The molecule has 19 heavy (non-hydrogen) atoms. The molecule has 0 saturated heterocycles. The third-order valence-corrected chi connectivity index (χ3v) is 5.51. The van der Waals surface area contributed by atoms with Crippen LogP contribution in [0.3, 0.4) is 0 Å². The molecule has 1 aliphatic carbocycles. The van der Waals surface area contributed by atoms with Crippen LogP contribution in [0.2, 0.25) is 5.02 Å². The summed E-state index contributed by atoms with van der Waals surface area (Å²) in [6, 6.07) is 1.35. The highest BCUT2D eigenvalue weighted by atomic mass is 35.5. The van der Waals surface area contributed by atoms with Gasteiger partial charge in [-0.05, 0) is 24.3 Å². The van der Waals surface area contributed by atoms with E-state index in [0.29, 0.717) is 18.4 Å². The van der Waals surface area contributed by atoms with Crippen LogP contribution in [0.1, 0.15) is 13.3 Å². The molecular weight excluding hydrogens is 288 g/mol. The Bertz CT molecular complexity index is 578. The Labute approximate surface area is 118 Å². The number of rotatable bonds is 5. The van der Waals surface area contributed by atoms with E-state index in [1.54, 1.807) is 7.05 Å². The summed E-state index contributed by atoms with van der Waals surface area (Å²) < 4.78 is 26.0. The van der Waals surface area contributed by atoms with Crippen LogP contribution in [-0.4, -0.2) is 31.3 Å². The van der Waals surface area contributed by atoms with Crippen LogP contribution in [0.25, 0.3) is 0 Å². The summed E-state index contributed by atoms with van der Waals surface area (Å²) >= 11 is 5.89. The molecule has 1 heterocycles. The number of nitrogens with one attached hydrogen (secondary N) is 1. The van der Waals surface area contributed by atoms with Gasteiger partial charge in [0.15, 0.2) is 5.82 Å². The third-order valence-electron chi connectivity index (χ3n) is 3.43. The molecule has 1 aromatic heterocycles. The number of nitrogen functional groups attached to an aromatic ring is 1.